The minimum absolute atomic E-state index is 0.0526. The number of halogens is 1. The molecule has 0 amide bonds. The van der Waals surface area contributed by atoms with Crippen LogP contribution in [0, 0.1) is 0 Å². The highest BCUT2D eigenvalue weighted by Crippen LogP contribution is 2.28. The van der Waals surface area contributed by atoms with Crippen molar-refractivity contribution in [1.29, 1.82) is 0 Å². The summed E-state index contributed by atoms with van der Waals surface area (Å²) in [4.78, 5) is 7.02. The van der Waals surface area contributed by atoms with Crippen LogP contribution in [-0.4, -0.2) is 23.7 Å². The fourth-order valence-electron chi connectivity index (χ4n) is 1.62. The maximum absolute atomic E-state index is 9.09. The van der Waals surface area contributed by atoms with Crippen LogP contribution in [0.3, 0.4) is 0 Å². The predicted molar refractivity (Wildman–Crippen MR) is 76.5 cm³/mol. The molecular formula is C13H15ClN2OS. The van der Waals surface area contributed by atoms with Crippen molar-refractivity contribution < 1.29 is 5.11 Å². The van der Waals surface area contributed by atoms with E-state index in [-0.39, 0.29) is 6.61 Å². The fourth-order valence-corrected chi connectivity index (χ4v) is 2.72. The zero-order chi connectivity index (χ0) is 13.0. The number of anilines is 1. The molecule has 1 aromatic carbocycles. The van der Waals surface area contributed by atoms with E-state index in [2.05, 4.69) is 22.0 Å². The molecule has 2 aromatic rings. The molecule has 1 N–H and O–H groups in total. The highest BCUT2D eigenvalue weighted by atomic mass is 35.5. The Bertz CT molecular complexity index is 501. The van der Waals surface area contributed by atoms with Gasteiger partial charge in [-0.25, -0.2) is 4.98 Å². The van der Waals surface area contributed by atoms with E-state index in [0.717, 1.165) is 23.0 Å². The number of aromatic nitrogens is 1. The lowest BCUT2D eigenvalue weighted by Crippen LogP contribution is -2.19. The summed E-state index contributed by atoms with van der Waals surface area (Å²) >= 11 is 7.35. The van der Waals surface area contributed by atoms with Gasteiger partial charge in [0.15, 0.2) is 5.13 Å². The first kappa shape index (κ1) is 13.3. The van der Waals surface area contributed by atoms with E-state index < -0.39 is 0 Å². The third kappa shape index (κ3) is 3.22. The Kier molecular flexibility index (Phi) is 4.58. The zero-order valence-corrected chi connectivity index (χ0v) is 11.7. The second-order valence-corrected chi connectivity index (χ2v) is 5.45. The SMILES string of the molecule is CN(CCc1ccccc1)c1nc(Cl)c(CO)s1. The highest BCUT2D eigenvalue weighted by Gasteiger charge is 2.11. The van der Waals surface area contributed by atoms with Crippen LogP contribution in [0.5, 0.6) is 0 Å². The van der Waals surface area contributed by atoms with Gasteiger partial charge in [-0.05, 0) is 12.0 Å². The van der Waals surface area contributed by atoms with Crippen molar-refractivity contribution in [2.24, 2.45) is 0 Å². The zero-order valence-electron chi connectivity index (χ0n) is 10.1. The molecule has 1 aromatic heterocycles. The lowest BCUT2D eigenvalue weighted by Gasteiger charge is -2.15. The predicted octanol–water partition coefficient (Wildman–Crippen LogP) is 2.97. The van der Waals surface area contributed by atoms with Gasteiger partial charge in [0.2, 0.25) is 0 Å². The Hall–Kier alpha value is -1.10. The number of hydrogen-bond donors (Lipinski definition) is 1. The highest BCUT2D eigenvalue weighted by molar-refractivity contribution is 7.16. The normalized spacial score (nSPS) is 10.6. The molecular weight excluding hydrogens is 268 g/mol. The molecule has 0 saturated carbocycles. The number of aliphatic hydroxyl groups is 1. The summed E-state index contributed by atoms with van der Waals surface area (Å²) in [5.74, 6) is 0. The molecule has 0 saturated heterocycles. The lowest BCUT2D eigenvalue weighted by atomic mass is 10.1. The van der Waals surface area contributed by atoms with Crippen LogP contribution in [0.2, 0.25) is 5.15 Å². The second kappa shape index (κ2) is 6.18. The van der Waals surface area contributed by atoms with Gasteiger partial charge in [0, 0.05) is 13.6 Å². The van der Waals surface area contributed by atoms with E-state index in [1.807, 2.05) is 25.2 Å². The Morgan fingerprint density at radius 1 is 1.33 bits per heavy atom. The van der Waals surface area contributed by atoms with Crippen molar-refractivity contribution in [1.82, 2.24) is 4.98 Å². The number of thiazole rings is 1. The Morgan fingerprint density at radius 3 is 2.67 bits per heavy atom. The van der Waals surface area contributed by atoms with E-state index in [0.29, 0.717) is 5.15 Å². The summed E-state index contributed by atoms with van der Waals surface area (Å²) in [5, 5.41) is 10.3. The van der Waals surface area contributed by atoms with E-state index in [9.17, 15) is 0 Å². The van der Waals surface area contributed by atoms with Crippen molar-refractivity contribution in [3.8, 4) is 0 Å². The molecule has 0 aliphatic rings. The van der Waals surface area contributed by atoms with E-state index >= 15 is 0 Å². The molecule has 0 spiro atoms. The molecule has 1 heterocycles. The van der Waals surface area contributed by atoms with Gasteiger partial charge in [-0.3, -0.25) is 0 Å². The minimum atomic E-state index is -0.0526. The van der Waals surface area contributed by atoms with E-state index in [1.54, 1.807) is 0 Å². The van der Waals surface area contributed by atoms with Gasteiger partial charge in [-0.1, -0.05) is 53.3 Å². The number of rotatable bonds is 5. The van der Waals surface area contributed by atoms with Crippen molar-refractivity contribution >= 4 is 28.1 Å². The third-order valence-corrected chi connectivity index (χ3v) is 4.27. The molecule has 0 radical (unpaired) electrons. The monoisotopic (exact) mass is 282 g/mol. The molecule has 0 bridgehead atoms. The summed E-state index contributed by atoms with van der Waals surface area (Å²) in [6.45, 7) is 0.821. The summed E-state index contributed by atoms with van der Waals surface area (Å²) in [5.41, 5.74) is 1.30. The molecule has 2 rings (SSSR count). The number of benzene rings is 1. The van der Waals surface area contributed by atoms with E-state index in [4.69, 9.17) is 16.7 Å². The summed E-state index contributed by atoms with van der Waals surface area (Å²) < 4.78 is 0. The van der Waals surface area contributed by atoms with Gasteiger partial charge >= 0.3 is 0 Å². The smallest absolute Gasteiger partial charge is 0.186 e. The van der Waals surface area contributed by atoms with Crippen LogP contribution < -0.4 is 4.90 Å². The number of aliphatic hydroxyl groups excluding tert-OH is 1. The Labute approximate surface area is 116 Å². The molecule has 3 nitrogen and oxygen atoms in total. The minimum Gasteiger partial charge on any atom is -0.391 e. The van der Waals surface area contributed by atoms with Crippen LogP contribution in [0.4, 0.5) is 5.13 Å². The van der Waals surface area contributed by atoms with Gasteiger partial charge in [0.05, 0.1) is 11.5 Å². The van der Waals surface area contributed by atoms with E-state index in [1.165, 1.54) is 16.9 Å². The van der Waals surface area contributed by atoms with Crippen LogP contribution >= 0.6 is 22.9 Å². The molecule has 0 unspecified atom stereocenters. The van der Waals surface area contributed by atoms with Crippen molar-refractivity contribution in [2.45, 2.75) is 13.0 Å². The first-order valence-corrected chi connectivity index (χ1v) is 6.91. The fraction of sp³-hybridized carbons (Fsp3) is 0.308. The molecule has 0 atom stereocenters. The van der Waals surface area contributed by atoms with Crippen LogP contribution in [0.1, 0.15) is 10.4 Å². The molecule has 5 heteroatoms. The number of hydrogen-bond acceptors (Lipinski definition) is 4. The first-order valence-electron chi connectivity index (χ1n) is 5.72. The maximum atomic E-state index is 9.09. The van der Waals surface area contributed by atoms with Gasteiger partial charge in [-0.2, -0.15) is 0 Å². The van der Waals surface area contributed by atoms with Crippen LogP contribution in [0.25, 0.3) is 0 Å². The maximum Gasteiger partial charge on any atom is 0.186 e. The van der Waals surface area contributed by atoms with Gasteiger partial charge in [0.25, 0.3) is 0 Å². The summed E-state index contributed by atoms with van der Waals surface area (Å²) in [6.07, 6.45) is 0.961. The van der Waals surface area contributed by atoms with Crippen LogP contribution in [-0.2, 0) is 13.0 Å². The molecule has 96 valence electrons. The second-order valence-electron chi connectivity index (χ2n) is 4.03. The molecule has 0 aliphatic heterocycles. The molecule has 18 heavy (non-hydrogen) atoms. The Balaban J connectivity index is 1.97. The van der Waals surface area contributed by atoms with Gasteiger partial charge in [-0.15, -0.1) is 0 Å². The standard InChI is InChI=1S/C13H15ClN2OS/c1-16(8-7-10-5-3-2-4-6-10)13-15-12(14)11(9-17)18-13/h2-6,17H,7-9H2,1H3. The molecule has 0 fully saturated rings. The van der Waals surface area contributed by atoms with Gasteiger partial charge < -0.3 is 10.0 Å². The topological polar surface area (TPSA) is 36.4 Å². The van der Waals surface area contributed by atoms with Crippen molar-refractivity contribution in [3.63, 3.8) is 0 Å². The number of nitrogens with zero attached hydrogens (tertiary/aromatic N) is 2. The Morgan fingerprint density at radius 2 is 2.06 bits per heavy atom. The lowest BCUT2D eigenvalue weighted by molar-refractivity contribution is 0.285. The van der Waals surface area contributed by atoms with Gasteiger partial charge in [0.1, 0.15) is 5.15 Å². The average molecular weight is 283 g/mol. The largest absolute Gasteiger partial charge is 0.391 e. The van der Waals surface area contributed by atoms with Crippen LogP contribution in [0.15, 0.2) is 30.3 Å². The third-order valence-electron chi connectivity index (χ3n) is 2.69. The van der Waals surface area contributed by atoms with Crippen molar-refractivity contribution in [3.05, 3.63) is 45.9 Å². The quantitative estimate of drug-likeness (QED) is 0.916. The average Bonchev–Trinajstić information content (AvgIpc) is 2.78. The number of likely N-dealkylation sites (N-methyl/N-ethyl adjacent to an activating group) is 1. The summed E-state index contributed by atoms with van der Waals surface area (Å²) in [7, 11) is 1.99. The van der Waals surface area contributed by atoms with Crippen molar-refractivity contribution in [2.75, 3.05) is 18.5 Å². The first-order chi connectivity index (χ1) is 8.70. The molecule has 0 aliphatic carbocycles. The summed E-state index contributed by atoms with van der Waals surface area (Å²) in [6, 6.07) is 10.3.